The molecule has 1 aromatic heterocycles. The van der Waals surface area contributed by atoms with E-state index >= 15 is 0 Å². The van der Waals surface area contributed by atoms with Gasteiger partial charge in [-0.2, -0.15) is 5.26 Å². The molecular weight excluding hydrogens is 384 g/mol. The lowest BCUT2D eigenvalue weighted by molar-refractivity contribution is -0.115. The second kappa shape index (κ2) is 8.12. The standard InChI is InChI=1S/C18H15ClN6OS/c1-11(17(26)22-15-8-2-12(10-20)3-9-15)27-18-24-23-16(25(18)21)13-4-6-14(19)7-5-13/h2-9,11H,21H2,1H3,(H,22,26)/t11-/m0/s1. The third-order valence-electron chi connectivity index (χ3n) is 3.70. The van der Waals surface area contributed by atoms with Gasteiger partial charge < -0.3 is 11.2 Å². The summed E-state index contributed by atoms with van der Waals surface area (Å²) in [6, 6.07) is 15.7. The molecule has 1 atom stereocenters. The number of nitrogens with zero attached hydrogens (tertiary/aromatic N) is 4. The van der Waals surface area contributed by atoms with Crippen molar-refractivity contribution in [3.63, 3.8) is 0 Å². The Morgan fingerprint density at radius 1 is 1.22 bits per heavy atom. The average Bonchev–Trinajstić information content (AvgIpc) is 3.03. The number of nitrogens with one attached hydrogen (secondary N) is 1. The Hall–Kier alpha value is -3.02. The van der Waals surface area contributed by atoms with Gasteiger partial charge in [-0.25, -0.2) is 4.68 Å². The molecule has 0 aliphatic rings. The Morgan fingerprint density at radius 3 is 2.52 bits per heavy atom. The van der Waals surface area contributed by atoms with Crippen molar-refractivity contribution in [1.82, 2.24) is 14.9 Å². The monoisotopic (exact) mass is 398 g/mol. The van der Waals surface area contributed by atoms with Gasteiger partial charge in [0, 0.05) is 16.3 Å². The SMILES string of the molecule is C[C@H](Sc1nnc(-c2ccc(Cl)cc2)n1N)C(=O)Nc1ccc(C#N)cc1. The third kappa shape index (κ3) is 4.39. The Morgan fingerprint density at radius 2 is 1.89 bits per heavy atom. The third-order valence-corrected chi connectivity index (χ3v) is 5.01. The zero-order chi connectivity index (χ0) is 19.4. The van der Waals surface area contributed by atoms with Gasteiger partial charge in [-0.3, -0.25) is 4.79 Å². The number of rotatable bonds is 5. The molecule has 0 fully saturated rings. The van der Waals surface area contributed by atoms with E-state index in [0.29, 0.717) is 27.3 Å². The maximum atomic E-state index is 12.4. The lowest BCUT2D eigenvalue weighted by atomic mass is 10.2. The Balaban J connectivity index is 1.68. The van der Waals surface area contributed by atoms with E-state index in [1.807, 2.05) is 6.07 Å². The molecule has 3 N–H and O–H groups in total. The lowest BCUT2D eigenvalue weighted by Gasteiger charge is -2.11. The first-order valence-corrected chi connectivity index (χ1v) is 9.18. The van der Waals surface area contributed by atoms with E-state index in [2.05, 4.69) is 15.5 Å². The van der Waals surface area contributed by atoms with E-state index in [0.717, 1.165) is 5.56 Å². The molecule has 9 heteroatoms. The topological polar surface area (TPSA) is 110 Å². The molecule has 0 saturated carbocycles. The second-order valence-electron chi connectivity index (χ2n) is 5.62. The second-order valence-corrected chi connectivity index (χ2v) is 7.37. The van der Waals surface area contributed by atoms with Crippen LogP contribution >= 0.6 is 23.4 Å². The van der Waals surface area contributed by atoms with Crippen LogP contribution in [0.4, 0.5) is 5.69 Å². The molecule has 2 aromatic carbocycles. The molecule has 0 saturated heterocycles. The van der Waals surface area contributed by atoms with Crippen LogP contribution in [0.25, 0.3) is 11.4 Å². The van der Waals surface area contributed by atoms with Gasteiger partial charge in [-0.15, -0.1) is 10.2 Å². The molecular formula is C18H15ClN6OS. The molecule has 0 unspecified atom stereocenters. The fraction of sp³-hybridized carbons (Fsp3) is 0.111. The number of thioether (sulfide) groups is 1. The molecule has 3 aromatic rings. The molecule has 0 spiro atoms. The van der Waals surface area contributed by atoms with Crippen molar-refractivity contribution in [3.05, 3.63) is 59.1 Å². The van der Waals surface area contributed by atoms with Crippen molar-refractivity contribution >= 4 is 35.0 Å². The lowest BCUT2D eigenvalue weighted by Crippen LogP contribution is -2.23. The average molecular weight is 399 g/mol. The molecule has 1 heterocycles. The van der Waals surface area contributed by atoms with Gasteiger partial charge in [-0.05, 0) is 55.5 Å². The molecule has 3 rings (SSSR count). The van der Waals surface area contributed by atoms with Crippen LogP contribution in [-0.4, -0.2) is 26.0 Å². The van der Waals surface area contributed by atoms with Gasteiger partial charge in [0.25, 0.3) is 0 Å². The smallest absolute Gasteiger partial charge is 0.237 e. The van der Waals surface area contributed by atoms with Crippen LogP contribution in [0, 0.1) is 11.3 Å². The van der Waals surface area contributed by atoms with E-state index < -0.39 is 5.25 Å². The van der Waals surface area contributed by atoms with E-state index in [-0.39, 0.29) is 5.91 Å². The van der Waals surface area contributed by atoms with Crippen LogP contribution in [0.15, 0.2) is 53.7 Å². The number of hydrogen-bond acceptors (Lipinski definition) is 6. The Labute approximate surface area is 165 Å². The summed E-state index contributed by atoms with van der Waals surface area (Å²) in [5.74, 6) is 6.35. The predicted octanol–water partition coefficient (Wildman–Crippen LogP) is 3.30. The van der Waals surface area contributed by atoms with Crippen molar-refractivity contribution in [3.8, 4) is 17.5 Å². The number of carbonyl (C=O) groups is 1. The summed E-state index contributed by atoms with van der Waals surface area (Å²) in [6.07, 6.45) is 0. The number of anilines is 1. The van der Waals surface area contributed by atoms with Crippen LogP contribution in [0.1, 0.15) is 12.5 Å². The van der Waals surface area contributed by atoms with Crippen LogP contribution in [0.3, 0.4) is 0 Å². The summed E-state index contributed by atoms with van der Waals surface area (Å²) in [5, 5.41) is 20.3. The van der Waals surface area contributed by atoms with Gasteiger partial charge in [-0.1, -0.05) is 23.4 Å². The highest BCUT2D eigenvalue weighted by Gasteiger charge is 2.20. The molecule has 7 nitrogen and oxygen atoms in total. The quantitative estimate of drug-likeness (QED) is 0.504. The number of aromatic nitrogens is 3. The van der Waals surface area contributed by atoms with Crippen molar-refractivity contribution in [1.29, 1.82) is 5.26 Å². The van der Waals surface area contributed by atoms with E-state index in [9.17, 15) is 4.79 Å². The first-order valence-electron chi connectivity index (χ1n) is 7.92. The van der Waals surface area contributed by atoms with Crippen LogP contribution in [0.2, 0.25) is 5.02 Å². The highest BCUT2D eigenvalue weighted by atomic mass is 35.5. The molecule has 1 amide bonds. The van der Waals surface area contributed by atoms with E-state index in [1.165, 1.54) is 16.4 Å². The molecule has 0 aliphatic carbocycles. The highest BCUT2D eigenvalue weighted by molar-refractivity contribution is 8.00. The van der Waals surface area contributed by atoms with Crippen LogP contribution in [-0.2, 0) is 4.79 Å². The fourth-order valence-corrected chi connectivity index (χ4v) is 3.13. The van der Waals surface area contributed by atoms with Crippen LogP contribution in [0.5, 0.6) is 0 Å². The molecule has 136 valence electrons. The number of halogens is 1. The number of benzene rings is 2. The Kier molecular flexibility index (Phi) is 5.64. The molecule has 0 bridgehead atoms. The Bertz CT molecular complexity index is 994. The normalized spacial score (nSPS) is 11.6. The van der Waals surface area contributed by atoms with Crippen molar-refractivity contribution in [2.45, 2.75) is 17.3 Å². The number of carbonyl (C=O) groups excluding carboxylic acids is 1. The van der Waals surface area contributed by atoms with Crippen molar-refractivity contribution in [2.75, 3.05) is 11.2 Å². The van der Waals surface area contributed by atoms with Crippen molar-refractivity contribution in [2.24, 2.45) is 0 Å². The molecule has 0 radical (unpaired) electrons. The number of nitrogen functional groups attached to an aromatic ring is 1. The maximum Gasteiger partial charge on any atom is 0.237 e. The van der Waals surface area contributed by atoms with Gasteiger partial charge in [0.05, 0.1) is 16.9 Å². The zero-order valence-corrected chi connectivity index (χ0v) is 15.8. The summed E-state index contributed by atoms with van der Waals surface area (Å²) in [6.45, 7) is 1.75. The minimum absolute atomic E-state index is 0.208. The molecule has 27 heavy (non-hydrogen) atoms. The van der Waals surface area contributed by atoms with Gasteiger partial charge >= 0.3 is 0 Å². The first kappa shape index (κ1) is 18.8. The minimum atomic E-state index is -0.454. The molecule has 0 aliphatic heterocycles. The number of nitrogens with two attached hydrogens (primary N) is 1. The number of nitriles is 1. The van der Waals surface area contributed by atoms with Gasteiger partial charge in [0.15, 0.2) is 5.82 Å². The fourth-order valence-electron chi connectivity index (χ4n) is 2.24. The summed E-state index contributed by atoms with van der Waals surface area (Å²) >= 11 is 7.09. The summed E-state index contributed by atoms with van der Waals surface area (Å²) in [4.78, 5) is 12.4. The first-order chi connectivity index (χ1) is 13.0. The predicted molar refractivity (Wildman–Crippen MR) is 106 cm³/mol. The van der Waals surface area contributed by atoms with E-state index in [4.69, 9.17) is 22.7 Å². The van der Waals surface area contributed by atoms with Crippen LogP contribution < -0.4 is 11.2 Å². The maximum absolute atomic E-state index is 12.4. The van der Waals surface area contributed by atoms with Crippen molar-refractivity contribution < 1.29 is 4.79 Å². The summed E-state index contributed by atoms with van der Waals surface area (Å²) in [5.41, 5.74) is 1.92. The number of amides is 1. The summed E-state index contributed by atoms with van der Waals surface area (Å²) in [7, 11) is 0. The minimum Gasteiger partial charge on any atom is -0.335 e. The number of hydrogen-bond donors (Lipinski definition) is 2. The van der Waals surface area contributed by atoms with E-state index in [1.54, 1.807) is 55.5 Å². The van der Waals surface area contributed by atoms with Gasteiger partial charge in [0.1, 0.15) is 0 Å². The highest BCUT2D eigenvalue weighted by Crippen LogP contribution is 2.26. The zero-order valence-electron chi connectivity index (χ0n) is 14.3. The van der Waals surface area contributed by atoms with Gasteiger partial charge in [0.2, 0.25) is 11.1 Å². The largest absolute Gasteiger partial charge is 0.335 e. The summed E-state index contributed by atoms with van der Waals surface area (Å²) < 4.78 is 1.35.